The van der Waals surface area contributed by atoms with Crippen molar-refractivity contribution in [3.63, 3.8) is 0 Å². The number of tetrazole rings is 1. The van der Waals surface area contributed by atoms with Gasteiger partial charge in [0.15, 0.2) is 17.3 Å². The predicted molar refractivity (Wildman–Crippen MR) is 145 cm³/mol. The molecule has 1 atom stereocenters. The van der Waals surface area contributed by atoms with E-state index >= 15 is 0 Å². The average molecular weight is 527 g/mol. The number of para-hydroxylation sites is 1. The summed E-state index contributed by atoms with van der Waals surface area (Å²) >= 11 is 0. The van der Waals surface area contributed by atoms with Crippen LogP contribution in [0.4, 0.5) is 10.1 Å². The van der Waals surface area contributed by atoms with Gasteiger partial charge >= 0.3 is 0 Å². The van der Waals surface area contributed by atoms with E-state index in [4.69, 9.17) is 9.47 Å². The van der Waals surface area contributed by atoms with E-state index in [9.17, 15) is 9.18 Å². The number of hydrogen-bond donors (Lipinski definition) is 1. The molecule has 1 aliphatic rings. The van der Waals surface area contributed by atoms with Gasteiger partial charge in [0.1, 0.15) is 11.9 Å². The summed E-state index contributed by atoms with van der Waals surface area (Å²) in [5.74, 6) is 1.29. The molecular weight excluding hydrogens is 499 g/mol. The number of rotatable bonds is 7. The van der Waals surface area contributed by atoms with E-state index in [2.05, 4.69) is 37.5 Å². The predicted octanol–water partition coefficient (Wildman–Crippen LogP) is 4.26. The second kappa shape index (κ2) is 10.2. The quantitative estimate of drug-likeness (QED) is 0.338. The smallest absolute Gasteiger partial charge is 0.254 e. The molecule has 9 nitrogen and oxygen atoms in total. The first-order chi connectivity index (χ1) is 19.1. The number of nitrogens with one attached hydrogen (secondary N) is 1. The number of methoxy groups -OCH3 is 2. The number of aromatic amines is 1. The number of ether oxygens (including phenoxy) is 2. The lowest BCUT2D eigenvalue weighted by atomic mass is 9.96. The van der Waals surface area contributed by atoms with Gasteiger partial charge in [-0.3, -0.25) is 4.79 Å². The molecule has 0 radical (unpaired) electrons. The fraction of sp³-hybridized carbons (Fsp3) is 0.241. The van der Waals surface area contributed by atoms with Crippen molar-refractivity contribution in [3.05, 3.63) is 105 Å². The van der Waals surface area contributed by atoms with Crippen molar-refractivity contribution in [1.82, 2.24) is 25.2 Å². The monoisotopic (exact) mass is 526 g/mol. The van der Waals surface area contributed by atoms with Gasteiger partial charge in [0.2, 0.25) is 0 Å². The van der Waals surface area contributed by atoms with Crippen LogP contribution in [0.1, 0.15) is 35.0 Å². The first-order valence-electron chi connectivity index (χ1n) is 12.7. The third-order valence-corrected chi connectivity index (χ3v) is 7.18. The molecule has 0 aliphatic carbocycles. The fourth-order valence-electron chi connectivity index (χ4n) is 5.31. The van der Waals surface area contributed by atoms with Crippen molar-refractivity contribution in [2.24, 2.45) is 0 Å². The van der Waals surface area contributed by atoms with Crippen LogP contribution < -0.4 is 19.9 Å². The van der Waals surface area contributed by atoms with Crippen LogP contribution in [0, 0.1) is 5.82 Å². The molecule has 2 aromatic heterocycles. The second-order valence-corrected chi connectivity index (χ2v) is 9.50. The number of hydrogen-bond acceptors (Lipinski definition) is 7. The number of fused-ring (bicyclic) bond motifs is 2. The van der Waals surface area contributed by atoms with Crippen molar-refractivity contribution in [2.45, 2.75) is 25.4 Å². The number of anilines is 1. The van der Waals surface area contributed by atoms with Crippen molar-refractivity contribution in [3.8, 4) is 11.5 Å². The van der Waals surface area contributed by atoms with Gasteiger partial charge in [-0.2, -0.15) is 0 Å². The second-order valence-electron chi connectivity index (χ2n) is 9.50. The molecule has 39 heavy (non-hydrogen) atoms. The SMILES string of the molecule is COc1cc2cc(C(c3nnnn3Cc3ccc(F)cc3)N3CCCc4ccccc43)c(=O)[nH]c2cc1OC. The molecule has 198 valence electrons. The molecular formula is C29H27FN6O3. The Hall–Kier alpha value is -4.73. The number of H-pyrrole nitrogens is 1. The maximum Gasteiger partial charge on any atom is 0.254 e. The first kappa shape index (κ1) is 24.6. The molecule has 1 unspecified atom stereocenters. The van der Waals surface area contributed by atoms with Crippen molar-refractivity contribution in [2.75, 3.05) is 25.7 Å². The van der Waals surface area contributed by atoms with Gasteiger partial charge in [-0.1, -0.05) is 30.3 Å². The lowest BCUT2D eigenvalue weighted by Gasteiger charge is -2.37. The number of nitrogens with zero attached hydrogens (tertiary/aromatic N) is 5. The molecule has 0 bridgehead atoms. The number of aryl methyl sites for hydroxylation is 1. The minimum Gasteiger partial charge on any atom is -0.493 e. The Morgan fingerprint density at radius 2 is 1.79 bits per heavy atom. The van der Waals surface area contributed by atoms with Gasteiger partial charge in [0, 0.05) is 29.2 Å². The van der Waals surface area contributed by atoms with Crippen LogP contribution in [-0.2, 0) is 13.0 Å². The molecule has 0 amide bonds. The zero-order chi connectivity index (χ0) is 26.9. The molecule has 3 heterocycles. The number of pyridine rings is 1. The number of benzene rings is 3. The minimum atomic E-state index is -0.580. The third-order valence-electron chi connectivity index (χ3n) is 7.18. The summed E-state index contributed by atoms with van der Waals surface area (Å²) < 4.78 is 26.2. The van der Waals surface area contributed by atoms with Crippen LogP contribution in [0.25, 0.3) is 10.9 Å². The molecule has 1 aliphatic heterocycles. The van der Waals surface area contributed by atoms with Crippen LogP contribution in [0.2, 0.25) is 0 Å². The van der Waals surface area contributed by atoms with Crippen LogP contribution in [0.5, 0.6) is 11.5 Å². The van der Waals surface area contributed by atoms with E-state index in [1.54, 1.807) is 37.1 Å². The van der Waals surface area contributed by atoms with Crippen molar-refractivity contribution < 1.29 is 13.9 Å². The molecule has 5 aromatic rings. The number of halogens is 1. The summed E-state index contributed by atoms with van der Waals surface area (Å²) in [5.41, 5.74) is 3.96. The van der Waals surface area contributed by atoms with Gasteiger partial charge in [0.05, 0.1) is 26.3 Å². The van der Waals surface area contributed by atoms with Crippen molar-refractivity contribution >= 4 is 16.6 Å². The van der Waals surface area contributed by atoms with E-state index in [0.717, 1.165) is 29.5 Å². The highest BCUT2D eigenvalue weighted by molar-refractivity contribution is 5.83. The first-order valence-corrected chi connectivity index (χ1v) is 12.7. The highest BCUT2D eigenvalue weighted by atomic mass is 19.1. The van der Waals surface area contributed by atoms with E-state index in [0.29, 0.717) is 41.5 Å². The Morgan fingerprint density at radius 3 is 2.59 bits per heavy atom. The minimum absolute atomic E-state index is 0.251. The molecule has 10 heteroatoms. The molecule has 6 rings (SSSR count). The van der Waals surface area contributed by atoms with Crippen LogP contribution >= 0.6 is 0 Å². The highest BCUT2D eigenvalue weighted by Crippen LogP contribution is 2.38. The van der Waals surface area contributed by atoms with E-state index < -0.39 is 6.04 Å². The average Bonchev–Trinajstić information content (AvgIpc) is 3.41. The molecule has 0 saturated heterocycles. The van der Waals surface area contributed by atoms with Gasteiger partial charge in [-0.25, -0.2) is 9.07 Å². The molecule has 1 N–H and O–H groups in total. The van der Waals surface area contributed by atoms with Crippen LogP contribution in [0.3, 0.4) is 0 Å². The van der Waals surface area contributed by atoms with Gasteiger partial charge in [0.25, 0.3) is 5.56 Å². The van der Waals surface area contributed by atoms with E-state index in [-0.39, 0.29) is 11.4 Å². The Morgan fingerprint density at radius 1 is 1.03 bits per heavy atom. The maximum absolute atomic E-state index is 13.7. The summed E-state index contributed by atoms with van der Waals surface area (Å²) in [7, 11) is 3.13. The van der Waals surface area contributed by atoms with Gasteiger partial charge in [-0.05, 0) is 64.7 Å². The van der Waals surface area contributed by atoms with Gasteiger partial charge in [-0.15, -0.1) is 5.10 Å². The summed E-state index contributed by atoms with van der Waals surface area (Å²) in [4.78, 5) is 18.9. The van der Waals surface area contributed by atoms with Crippen molar-refractivity contribution in [1.29, 1.82) is 0 Å². The molecule has 0 spiro atoms. The largest absolute Gasteiger partial charge is 0.493 e. The number of aromatic nitrogens is 5. The Balaban J connectivity index is 1.53. The zero-order valence-corrected chi connectivity index (χ0v) is 21.6. The van der Waals surface area contributed by atoms with Crippen LogP contribution in [-0.4, -0.2) is 46.0 Å². The van der Waals surface area contributed by atoms with Crippen LogP contribution in [0.15, 0.2) is 71.5 Å². The summed E-state index contributed by atoms with van der Waals surface area (Å²) in [6.45, 7) is 1.04. The summed E-state index contributed by atoms with van der Waals surface area (Å²) in [6.07, 6.45) is 1.87. The summed E-state index contributed by atoms with van der Waals surface area (Å²) in [5, 5.41) is 13.5. The molecule has 0 fully saturated rings. The van der Waals surface area contributed by atoms with E-state index in [1.165, 1.54) is 17.7 Å². The maximum atomic E-state index is 13.7. The van der Waals surface area contributed by atoms with Gasteiger partial charge < -0.3 is 19.4 Å². The van der Waals surface area contributed by atoms with E-state index in [1.807, 2.05) is 24.3 Å². The Bertz CT molecular complexity index is 1700. The normalized spacial score (nSPS) is 13.8. The summed E-state index contributed by atoms with van der Waals surface area (Å²) in [6, 6.07) is 19.3. The Kier molecular flexibility index (Phi) is 6.44. The lowest BCUT2D eigenvalue weighted by molar-refractivity contribution is 0.356. The molecule has 0 saturated carbocycles. The third kappa shape index (κ3) is 4.58. The Labute approximate surface area is 223 Å². The molecule has 3 aromatic carbocycles. The standard InChI is InChI=1S/C29H27FN6O3/c1-38-25-15-20-14-22(29(37)31-23(20)16-26(25)39-2)27(35-13-5-7-19-6-3-4-8-24(19)35)28-32-33-34-36(28)17-18-9-11-21(30)12-10-18/h3-4,6,8-12,14-16,27H,5,7,13,17H2,1-2H3,(H,31,37). The lowest BCUT2D eigenvalue weighted by Crippen LogP contribution is -2.38. The fourth-order valence-corrected chi connectivity index (χ4v) is 5.31. The zero-order valence-electron chi connectivity index (χ0n) is 21.6. The highest BCUT2D eigenvalue weighted by Gasteiger charge is 2.33. The topological polar surface area (TPSA) is 98.2 Å².